The van der Waals surface area contributed by atoms with Crippen molar-refractivity contribution < 1.29 is 19.1 Å². The van der Waals surface area contributed by atoms with Crippen molar-refractivity contribution in [3.8, 4) is 5.88 Å². The fraction of sp³-hybridized carbons (Fsp3) is 0.316. The summed E-state index contributed by atoms with van der Waals surface area (Å²) in [7, 11) is 0. The fourth-order valence-corrected chi connectivity index (χ4v) is 2.97. The Morgan fingerprint density at radius 2 is 2.04 bits per heavy atom. The maximum Gasteiger partial charge on any atom is 0.408 e. The second kappa shape index (κ2) is 7.56. The third-order valence-electron chi connectivity index (χ3n) is 3.71. The van der Waals surface area contributed by atoms with Crippen LogP contribution < -0.4 is 15.4 Å². The molecule has 0 spiro atoms. The number of fused-ring (bicyclic) bond motifs is 1. The number of rotatable bonds is 3. The summed E-state index contributed by atoms with van der Waals surface area (Å²) in [5.41, 5.74) is 0.514. The molecule has 3 rings (SSSR count). The van der Waals surface area contributed by atoms with E-state index < -0.39 is 23.8 Å². The summed E-state index contributed by atoms with van der Waals surface area (Å²) < 4.78 is 11.9. The van der Waals surface area contributed by atoms with Crippen molar-refractivity contribution in [2.24, 2.45) is 0 Å². The summed E-state index contributed by atoms with van der Waals surface area (Å²) in [6, 6.07) is 10.1. The van der Waals surface area contributed by atoms with Gasteiger partial charge in [-0.2, -0.15) is 0 Å². The van der Waals surface area contributed by atoms with Gasteiger partial charge in [0.15, 0.2) is 0 Å². The van der Waals surface area contributed by atoms with Crippen molar-refractivity contribution in [2.75, 3.05) is 5.32 Å². The molecule has 0 fully saturated rings. The van der Waals surface area contributed by atoms with Gasteiger partial charge in [-0.25, -0.2) is 9.78 Å². The van der Waals surface area contributed by atoms with Crippen molar-refractivity contribution in [2.45, 2.75) is 38.5 Å². The third kappa shape index (κ3) is 4.77. The number of ether oxygens (including phenoxy) is 2. The van der Waals surface area contributed by atoms with Gasteiger partial charge in [0.2, 0.25) is 12.0 Å². The minimum absolute atomic E-state index is 0.287. The zero-order chi connectivity index (χ0) is 19.6. The summed E-state index contributed by atoms with van der Waals surface area (Å²) in [6.07, 6.45) is -0.0601. The first-order valence-corrected chi connectivity index (χ1v) is 9.20. The van der Waals surface area contributed by atoms with Crippen LogP contribution in [-0.4, -0.2) is 28.7 Å². The van der Waals surface area contributed by atoms with Gasteiger partial charge in [-0.3, -0.25) is 4.79 Å². The maximum absolute atomic E-state index is 12.7. The predicted molar refractivity (Wildman–Crippen MR) is 104 cm³/mol. The van der Waals surface area contributed by atoms with Crippen LogP contribution in [0.5, 0.6) is 5.88 Å². The average Bonchev–Trinajstić information content (AvgIpc) is 2.58. The molecule has 0 saturated carbocycles. The number of nitrogens with zero attached hydrogens (tertiary/aromatic N) is 1. The Hall–Kier alpha value is -2.61. The van der Waals surface area contributed by atoms with Crippen molar-refractivity contribution in [3.63, 3.8) is 0 Å². The van der Waals surface area contributed by atoms with E-state index >= 15 is 0 Å². The molecule has 0 radical (unpaired) electrons. The maximum atomic E-state index is 12.7. The van der Waals surface area contributed by atoms with E-state index in [9.17, 15) is 9.59 Å². The monoisotopic (exact) mass is 433 g/mol. The second-order valence-corrected chi connectivity index (χ2v) is 7.98. The van der Waals surface area contributed by atoms with Gasteiger partial charge in [-0.15, -0.1) is 0 Å². The number of halogens is 1. The molecule has 2 N–H and O–H groups in total. The number of alkyl carbamates (subject to hydrolysis) is 1. The lowest BCUT2D eigenvalue weighted by Crippen LogP contribution is -2.49. The van der Waals surface area contributed by atoms with Crippen LogP contribution in [0.25, 0.3) is 0 Å². The summed E-state index contributed by atoms with van der Waals surface area (Å²) in [4.78, 5) is 29.2. The number of aromatic nitrogens is 1. The number of nitrogens with one attached hydrogen (secondary N) is 2. The summed E-state index contributed by atoms with van der Waals surface area (Å²) in [5, 5.41) is 5.52. The van der Waals surface area contributed by atoms with Gasteiger partial charge in [-0.1, -0.05) is 30.3 Å². The van der Waals surface area contributed by atoms with Crippen LogP contribution in [0.4, 0.5) is 10.5 Å². The minimum Gasteiger partial charge on any atom is -0.460 e. The standard InChI is InChI=1S/C19H20BrN3O4/c1-19(2,3)27-18(25)23-14(11-7-5-4-6-8-11)15-16(24)22-13-9-12(20)10-21-17(13)26-15/h4-10,14-15H,1-3H3,(H,22,24)(H,23,25)/t14-,15-/m1/s1. The Balaban J connectivity index is 1.90. The first kappa shape index (κ1) is 19.2. The first-order valence-electron chi connectivity index (χ1n) is 8.40. The third-order valence-corrected chi connectivity index (χ3v) is 4.14. The zero-order valence-corrected chi connectivity index (χ0v) is 16.7. The van der Waals surface area contributed by atoms with E-state index in [1.807, 2.05) is 30.3 Å². The zero-order valence-electron chi connectivity index (χ0n) is 15.2. The van der Waals surface area contributed by atoms with Gasteiger partial charge in [0.05, 0.1) is 0 Å². The topological polar surface area (TPSA) is 89.6 Å². The molecule has 2 amide bonds. The predicted octanol–water partition coefficient (Wildman–Crippen LogP) is 3.81. The number of benzene rings is 1. The lowest BCUT2D eigenvalue weighted by atomic mass is 10.00. The number of anilines is 1. The first-order chi connectivity index (χ1) is 12.7. The van der Waals surface area contributed by atoms with Crippen molar-refractivity contribution in [1.82, 2.24) is 10.3 Å². The van der Waals surface area contributed by atoms with E-state index in [4.69, 9.17) is 9.47 Å². The van der Waals surface area contributed by atoms with Crippen LogP contribution in [0.3, 0.4) is 0 Å². The van der Waals surface area contributed by atoms with E-state index in [-0.39, 0.29) is 11.8 Å². The van der Waals surface area contributed by atoms with Crippen LogP contribution in [0.2, 0.25) is 0 Å². The molecule has 1 aromatic carbocycles. The number of hydrogen-bond donors (Lipinski definition) is 2. The smallest absolute Gasteiger partial charge is 0.408 e. The normalized spacial score (nSPS) is 17.2. The highest BCUT2D eigenvalue weighted by atomic mass is 79.9. The number of hydrogen-bond acceptors (Lipinski definition) is 5. The molecule has 0 bridgehead atoms. The van der Waals surface area contributed by atoms with Gasteiger partial charge in [-0.05, 0) is 48.3 Å². The van der Waals surface area contributed by atoms with Crippen LogP contribution >= 0.6 is 15.9 Å². The lowest BCUT2D eigenvalue weighted by Gasteiger charge is -2.32. The lowest BCUT2D eigenvalue weighted by molar-refractivity contribution is -0.125. The molecule has 1 aliphatic heterocycles. The molecule has 1 aliphatic rings. The van der Waals surface area contributed by atoms with E-state index in [1.54, 1.807) is 33.0 Å². The second-order valence-electron chi connectivity index (χ2n) is 7.07. The van der Waals surface area contributed by atoms with E-state index in [0.717, 1.165) is 4.47 Å². The molecule has 1 aromatic heterocycles. The van der Waals surface area contributed by atoms with Crippen LogP contribution in [0.15, 0.2) is 47.1 Å². The van der Waals surface area contributed by atoms with Crippen LogP contribution in [0, 0.1) is 0 Å². The Kier molecular flexibility index (Phi) is 5.36. The van der Waals surface area contributed by atoms with E-state index in [1.165, 1.54) is 0 Å². The highest BCUT2D eigenvalue weighted by Crippen LogP contribution is 2.33. The molecular formula is C19H20BrN3O4. The summed E-state index contributed by atoms with van der Waals surface area (Å²) >= 11 is 3.31. The Morgan fingerprint density at radius 3 is 2.70 bits per heavy atom. The number of amides is 2. The highest BCUT2D eigenvalue weighted by Gasteiger charge is 2.38. The van der Waals surface area contributed by atoms with E-state index in [0.29, 0.717) is 11.3 Å². The number of carbonyl (C=O) groups is 2. The van der Waals surface area contributed by atoms with Crippen LogP contribution in [-0.2, 0) is 9.53 Å². The molecule has 2 heterocycles. The Labute approximate surface area is 165 Å². The number of pyridine rings is 1. The van der Waals surface area contributed by atoms with Crippen LogP contribution in [0.1, 0.15) is 32.4 Å². The van der Waals surface area contributed by atoms with Gasteiger partial charge in [0.25, 0.3) is 5.91 Å². The molecule has 2 aromatic rings. The van der Waals surface area contributed by atoms with Crippen molar-refractivity contribution in [3.05, 3.63) is 52.6 Å². The molecule has 27 heavy (non-hydrogen) atoms. The summed E-state index contributed by atoms with van der Waals surface area (Å²) in [5.74, 6) is -0.0953. The molecule has 8 heteroatoms. The summed E-state index contributed by atoms with van der Waals surface area (Å²) in [6.45, 7) is 5.31. The average molecular weight is 434 g/mol. The van der Waals surface area contributed by atoms with Crippen molar-refractivity contribution >= 4 is 33.6 Å². The van der Waals surface area contributed by atoms with E-state index in [2.05, 4.69) is 31.5 Å². The Bertz CT molecular complexity index is 852. The molecular weight excluding hydrogens is 414 g/mol. The van der Waals surface area contributed by atoms with Crippen molar-refractivity contribution in [1.29, 1.82) is 0 Å². The largest absolute Gasteiger partial charge is 0.460 e. The molecule has 7 nitrogen and oxygen atoms in total. The molecule has 142 valence electrons. The molecule has 2 atom stereocenters. The van der Waals surface area contributed by atoms with Gasteiger partial charge >= 0.3 is 6.09 Å². The Morgan fingerprint density at radius 1 is 1.33 bits per heavy atom. The fourth-order valence-electron chi connectivity index (χ4n) is 2.64. The number of carbonyl (C=O) groups excluding carboxylic acids is 2. The highest BCUT2D eigenvalue weighted by molar-refractivity contribution is 9.10. The molecule has 0 aliphatic carbocycles. The molecule has 0 saturated heterocycles. The van der Waals surface area contributed by atoms with Gasteiger partial charge in [0.1, 0.15) is 17.3 Å². The quantitative estimate of drug-likeness (QED) is 0.767. The minimum atomic E-state index is -0.999. The SMILES string of the molecule is CC(C)(C)OC(=O)N[C@H](c1ccccc1)[C@H]1Oc2ncc(Br)cc2NC1=O. The molecule has 0 unspecified atom stereocenters. The van der Waals surface area contributed by atoms with Gasteiger partial charge < -0.3 is 20.1 Å². The van der Waals surface area contributed by atoms with Gasteiger partial charge in [0, 0.05) is 10.7 Å².